The second kappa shape index (κ2) is 7.55. The summed E-state index contributed by atoms with van der Waals surface area (Å²) in [6, 6.07) is 4.43. The normalized spacial score (nSPS) is 26.7. The zero-order valence-electron chi connectivity index (χ0n) is 15.5. The standard InChI is InChI=1S/C19H29ClN2O2S/c1-14-11-15(2)19(16(3)12-14)25(23,24)22-9-7-21(8-10-22)18-6-4-5-17(20)13-18/h11-12,17-18H,4-10,13H2,1-3H3/t17-,18-/m0/s1. The maximum atomic E-state index is 13.2. The van der Waals surface area contributed by atoms with Crippen LogP contribution in [0.3, 0.4) is 0 Å². The lowest BCUT2D eigenvalue weighted by atomic mass is 9.93. The highest BCUT2D eigenvalue weighted by molar-refractivity contribution is 7.89. The number of sulfonamides is 1. The van der Waals surface area contributed by atoms with Gasteiger partial charge in [0, 0.05) is 37.6 Å². The summed E-state index contributed by atoms with van der Waals surface area (Å²) in [4.78, 5) is 2.93. The van der Waals surface area contributed by atoms with E-state index >= 15 is 0 Å². The molecule has 2 aliphatic rings. The van der Waals surface area contributed by atoms with Crippen LogP contribution in [-0.4, -0.2) is 55.2 Å². The molecule has 1 heterocycles. The lowest BCUT2D eigenvalue weighted by Gasteiger charge is -2.41. The number of piperazine rings is 1. The van der Waals surface area contributed by atoms with Crippen LogP contribution in [0.15, 0.2) is 17.0 Å². The van der Waals surface area contributed by atoms with E-state index in [1.807, 2.05) is 32.9 Å². The van der Waals surface area contributed by atoms with Crippen LogP contribution in [0.25, 0.3) is 0 Å². The van der Waals surface area contributed by atoms with Crippen molar-refractivity contribution >= 4 is 21.6 Å². The maximum Gasteiger partial charge on any atom is 0.243 e. The Bertz CT molecular complexity index is 704. The number of rotatable bonds is 3. The largest absolute Gasteiger partial charge is 0.298 e. The molecule has 1 aliphatic heterocycles. The van der Waals surface area contributed by atoms with Crippen molar-refractivity contribution in [3.8, 4) is 0 Å². The molecule has 4 nitrogen and oxygen atoms in total. The molecule has 6 heteroatoms. The van der Waals surface area contributed by atoms with Gasteiger partial charge in [0.05, 0.1) is 4.90 Å². The van der Waals surface area contributed by atoms with Crippen LogP contribution in [0, 0.1) is 20.8 Å². The minimum Gasteiger partial charge on any atom is -0.298 e. The molecule has 1 saturated carbocycles. The van der Waals surface area contributed by atoms with E-state index in [2.05, 4.69) is 4.90 Å². The Morgan fingerprint density at radius 1 is 1.00 bits per heavy atom. The van der Waals surface area contributed by atoms with Gasteiger partial charge in [-0.25, -0.2) is 8.42 Å². The van der Waals surface area contributed by atoms with Crippen LogP contribution in [0.5, 0.6) is 0 Å². The Balaban J connectivity index is 1.72. The Morgan fingerprint density at radius 2 is 1.60 bits per heavy atom. The number of benzene rings is 1. The van der Waals surface area contributed by atoms with Gasteiger partial charge in [0.15, 0.2) is 0 Å². The summed E-state index contributed by atoms with van der Waals surface area (Å²) in [6.45, 7) is 8.53. The molecule has 1 aromatic rings. The van der Waals surface area contributed by atoms with Gasteiger partial charge in [0.25, 0.3) is 0 Å². The molecule has 1 aromatic carbocycles. The van der Waals surface area contributed by atoms with Crippen molar-refractivity contribution in [1.82, 2.24) is 9.21 Å². The van der Waals surface area contributed by atoms with Gasteiger partial charge in [-0.2, -0.15) is 4.31 Å². The van der Waals surface area contributed by atoms with Crippen molar-refractivity contribution in [3.05, 3.63) is 28.8 Å². The summed E-state index contributed by atoms with van der Waals surface area (Å²) in [5.74, 6) is 0. The van der Waals surface area contributed by atoms with Crippen LogP contribution < -0.4 is 0 Å². The summed E-state index contributed by atoms with van der Waals surface area (Å²) in [6.07, 6.45) is 4.51. The Morgan fingerprint density at radius 3 is 2.16 bits per heavy atom. The van der Waals surface area contributed by atoms with Gasteiger partial charge in [-0.15, -0.1) is 11.6 Å². The topological polar surface area (TPSA) is 40.6 Å². The van der Waals surface area contributed by atoms with Gasteiger partial charge >= 0.3 is 0 Å². The van der Waals surface area contributed by atoms with Gasteiger partial charge in [0.2, 0.25) is 10.0 Å². The molecule has 0 radical (unpaired) electrons. The molecule has 25 heavy (non-hydrogen) atoms. The van der Waals surface area contributed by atoms with Crippen LogP contribution in [-0.2, 0) is 10.0 Å². The van der Waals surface area contributed by atoms with Crippen LogP contribution >= 0.6 is 11.6 Å². The predicted molar refractivity (Wildman–Crippen MR) is 103 cm³/mol. The zero-order valence-corrected chi connectivity index (χ0v) is 17.0. The van der Waals surface area contributed by atoms with Crippen LogP contribution in [0.1, 0.15) is 42.4 Å². The van der Waals surface area contributed by atoms with Gasteiger partial charge in [-0.05, 0) is 51.2 Å². The summed E-state index contributed by atoms with van der Waals surface area (Å²) in [5.41, 5.74) is 2.79. The fourth-order valence-corrected chi connectivity index (χ4v) is 6.64. The molecule has 0 amide bonds. The minimum atomic E-state index is -3.42. The Kier molecular flexibility index (Phi) is 5.78. The van der Waals surface area contributed by atoms with E-state index in [4.69, 9.17) is 11.6 Å². The second-order valence-corrected chi connectivity index (χ2v) is 10.1. The molecule has 1 aliphatic carbocycles. The first-order chi connectivity index (χ1) is 11.8. The number of halogens is 1. The average Bonchev–Trinajstić information content (AvgIpc) is 2.53. The maximum absolute atomic E-state index is 13.2. The van der Waals surface area contributed by atoms with E-state index in [-0.39, 0.29) is 5.38 Å². The van der Waals surface area contributed by atoms with E-state index in [9.17, 15) is 8.42 Å². The molecule has 0 N–H and O–H groups in total. The number of aryl methyl sites for hydroxylation is 3. The van der Waals surface area contributed by atoms with Gasteiger partial charge in [-0.1, -0.05) is 24.1 Å². The van der Waals surface area contributed by atoms with E-state index in [1.54, 1.807) is 4.31 Å². The molecular formula is C19H29ClN2O2S. The van der Waals surface area contributed by atoms with E-state index in [0.717, 1.165) is 42.6 Å². The van der Waals surface area contributed by atoms with E-state index in [0.29, 0.717) is 24.0 Å². The Labute approximate surface area is 157 Å². The monoisotopic (exact) mass is 384 g/mol. The molecule has 0 spiro atoms. The van der Waals surface area contributed by atoms with Gasteiger partial charge in [-0.3, -0.25) is 4.90 Å². The SMILES string of the molecule is Cc1cc(C)c(S(=O)(=O)N2CCN([C@H]3CCC[C@H](Cl)C3)CC2)c(C)c1. The quantitative estimate of drug-likeness (QED) is 0.749. The molecule has 140 valence electrons. The highest BCUT2D eigenvalue weighted by atomic mass is 35.5. The number of nitrogens with zero attached hydrogens (tertiary/aromatic N) is 2. The molecule has 1 saturated heterocycles. The molecule has 2 fully saturated rings. The first-order valence-electron chi connectivity index (χ1n) is 9.25. The van der Waals surface area contributed by atoms with Crippen LogP contribution in [0.2, 0.25) is 0 Å². The van der Waals surface area contributed by atoms with E-state index in [1.165, 1.54) is 12.8 Å². The fraction of sp³-hybridized carbons (Fsp3) is 0.684. The van der Waals surface area contributed by atoms with Crippen molar-refractivity contribution < 1.29 is 8.42 Å². The third kappa shape index (κ3) is 4.05. The zero-order chi connectivity index (χ0) is 18.2. The van der Waals surface area contributed by atoms with Crippen molar-refractivity contribution in [3.63, 3.8) is 0 Å². The summed E-state index contributed by atoms with van der Waals surface area (Å²) >= 11 is 6.33. The number of hydrogen-bond donors (Lipinski definition) is 0. The minimum absolute atomic E-state index is 0.276. The third-order valence-corrected chi connectivity index (χ3v) is 8.18. The lowest BCUT2D eigenvalue weighted by Crippen LogP contribution is -2.53. The highest BCUT2D eigenvalue weighted by Gasteiger charge is 2.34. The first kappa shape index (κ1) is 19.2. The van der Waals surface area contributed by atoms with Gasteiger partial charge < -0.3 is 0 Å². The summed E-state index contributed by atoms with van der Waals surface area (Å²) < 4.78 is 28.0. The van der Waals surface area contributed by atoms with Crippen molar-refractivity contribution in [2.24, 2.45) is 0 Å². The lowest BCUT2D eigenvalue weighted by molar-refractivity contribution is 0.112. The molecular weight excluding hydrogens is 356 g/mol. The first-order valence-corrected chi connectivity index (χ1v) is 11.1. The highest BCUT2D eigenvalue weighted by Crippen LogP contribution is 2.29. The summed E-state index contributed by atoms with van der Waals surface area (Å²) in [7, 11) is -3.42. The smallest absolute Gasteiger partial charge is 0.243 e. The predicted octanol–water partition coefficient (Wildman–Crippen LogP) is 3.47. The van der Waals surface area contributed by atoms with Gasteiger partial charge in [0.1, 0.15) is 0 Å². The molecule has 0 bridgehead atoms. The van der Waals surface area contributed by atoms with Crippen molar-refractivity contribution in [2.45, 2.75) is 62.8 Å². The number of alkyl halides is 1. The molecule has 2 atom stereocenters. The third-order valence-electron chi connectivity index (χ3n) is 5.57. The number of hydrogen-bond acceptors (Lipinski definition) is 3. The van der Waals surface area contributed by atoms with Crippen molar-refractivity contribution in [1.29, 1.82) is 0 Å². The molecule has 3 rings (SSSR count). The van der Waals surface area contributed by atoms with Crippen molar-refractivity contribution in [2.75, 3.05) is 26.2 Å². The Hall–Kier alpha value is -0.620. The van der Waals surface area contributed by atoms with E-state index < -0.39 is 10.0 Å². The molecule has 0 unspecified atom stereocenters. The average molecular weight is 385 g/mol. The van der Waals surface area contributed by atoms with Crippen LogP contribution in [0.4, 0.5) is 0 Å². The summed E-state index contributed by atoms with van der Waals surface area (Å²) in [5, 5.41) is 0.276. The second-order valence-electron chi connectivity index (χ2n) is 7.59. The molecule has 0 aromatic heterocycles. The fourth-order valence-electron chi connectivity index (χ4n) is 4.45.